The summed E-state index contributed by atoms with van der Waals surface area (Å²) in [7, 11) is -1.44. The van der Waals surface area contributed by atoms with E-state index in [0.29, 0.717) is 0 Å². The smallest absolute Gasteiger partial charge is 0.0775 e. The van der Waals surface area contributed by atoms with Crippen molar-refractivity contribution >= 4 is 62.9 Å². The fourth-order valence-corrected chi connectivity index (χ4v) is 10.4. The maximum atomic E-state index is 2.52. The Morgan fingerprint density at radius 3 is 1.80 bits per heavy atom. The van der Waals surface area contributed by atoms with Gasteiger partial charge in [0.15, 0.2) is 0 Å². The third-order valence-corrected chi connectivity index (χ3v) is 14.2. The van der Waals surface area contributed by atoms with E-state index in [0.717, 1.165) is 5.69 Å². The van der Waals surface area contributed by atoms with E-state index in [1.165, 1.54) is 93.8 Å². The minimum absolute atomic E-state index is 0.237. The number of hydrogen-bond donors (Lipinski definition) is 0. The van der Waals surface area contributed by atoms with E-state index in [4.69, 9.17) is 0 Å². The molecule has 0 amide bonds. The predicted molar refractivity (Wildman–Crippen MR) is 244 cm³/mol. The SMILES string of the molecule is Cc1ccc2c(c1)c1cc(-c3ccccc3)ccc1n2-c1cc2c(c3ccccc13)-c1ccc(N(c3ccccc3)c3ccc([Si](C)(C)C)cc3)cc1C2(C)C. The topological polar surface area (TPSA) is 8.17 Å². The first-order valence-electron chi connectivity index (χ1n) is 19.9. The minimum atomic E-state index is -1.44. The molecule has 3 heteroatoms. The molecule has 0 atom stereocenters. The van der Waals surface area contributed by atoms with Crippen LogP contribution < -0.4 is 10.1 Å². The third kappa shape index (κ3) is 5.37. The van der Waals surface area contributed by atoms with E-state index in [1.54, 1.807) is 0 Å². The van der Waals surface area contributed by atoms with Gasteiger partial charge in [0.25, 0.3) is 0 Å². The van der Waals surface area contributed by atoms with Crippen LogP contribution in [-0.4, -0.2) is 12.6 Å². The van der Waals surface area contributed by atoms with Crippen LogP contribution in [-0.2, 0) is 5.41 Å². The Balaban J connectivity index is 1.17. The highest BCUT2D eigenvalue weighted by atomic mass is 28.3. The van der Waals surface area contributed by atoms with E-state index in [1.807, 2.05) is 0 Å². The van der Waals surface area contributed by atoms with Crippen molar-refractivity contribution in [2.75, 3.05) is 4.90 Å². The van der Waals surface area contributed by atoms with Crippen LogP contribution in [0.2, 0.25) is 19.6 Å². The van der Waals surface area contributed by atoms with E-state index >= 15 is 0 Å². The summed E-state index contributed by atoms with van der Waals surface area (Å²) >= 11 is 0. The average Bonchev–Trinajstić information content (AvgIpc) is 3.65. The molecule has 0 saturated heterocycles. The molecule has 0 aliphatic heterocycles. The molecule has 10 rings (SSSR count). The van der Waals surface area contributed by atoms with Gasteiger partial charge in [-0.2, -0.15) is 0 Å². The first kappa shape index (κ1) is 34.3. The van der Waals surface area contributed by atoms with Crippen molar-refractivity contribution in [1.29, 1.82) is 0 Å². The van der Waals surface area contributed by atoms with Crippen LogP contribution in [0.15, 0.2) is 170 Å². The second-order valence-corrected chi connectivity index (χ2v) is 22.2. The van der Waals surface area contributed by atoms with Crippen LogP contribution in [0.5, 0.6) is 0 Å². The maximum Gasteiger partial charge on any atom is 0.0775 e. The molecule has 0 saturated carbocycles. The number of para-hydroxylation sites is 1. The molecule has 272 valence electrons. The quantitative estimate of drug-likeness (QED) is 0.154. The zero-order valence-electron chi connectivity index (χ0n) is 33.1. The van der Waals surface area contributed by atoms with E-state index in [9.17, 15) is 0 Å². The molecular formula is C53H46N2Si. The fraction of sp³-hybridized carbons (Fsp3) is 0.132. The molecule has 0 spiro atoms. The van der Waals surface area contributed by atoms with Gasteiger partial charge in [0, 0.05) is 38.6 Å². The highest BCUT2D eigenvalue weighted by molar-refractivity contribution is 6.88. The summed E-state index contributed by atoms with van der Waals surface area (Å²) in [5, 5.41) is 6.59. The number of aromatic nitrogens is 1. The first-order chi connectivity index (χ1) is 27.1. The van der Waals surface area contributed by atoms with Gasteiger partial charge in [-0.3, -0.25) is 0 Å². The number of benzene rings is 8. The Morgan fingerprint density at radius 2 is 1.09 bits per heavy atom. The van der Waals surface area contributed by atoms with Crippen LogP contribution in [0.3, 0.4) is 0 Å². The largest absolute Gasteiger partial charge is 0.310 e. The van der Waals surface area contributed by atoms with Crippen molar-refractivity contribution in [2.45, 2.75) is 45.8 Å². The van der Waals surface area contributed by atoms with Gasteiger partial charge < -0.3 is 9.47 Å². The maximum absolute atomic E-state index is 2.52. The molecule has 56 heavy (non-hydrogen) atoms. The lowest BCUT2D eigenvalue weighted by molar-refractivity contribution is 0.660. The molecule has 0 unspecified atom stereocenters. The number of aryl methyl sites for hydroxylation is 1. The number of nitrogens with zero attached hydrogens (tertiary/aromatic N) is 2. The van der Waals surface area contributed by atoms with Crippen LogP contribution in [0, 0.1) is 6.92 Å². The van der Waals surface area contributed by atoms with Crippen molar-refractivity contribution < 1.29 is 0 Å². The van der Waals surface area contributed by atoms with Crippen LogP contribution in [0.1, 0.15) is 30.5 Å². The Bertz CT molecular complexity index is 2970. The minimum Gasteiger partial charge on any atom is -0.310 e. The number of anilines is 3. The highest BCUT2D eigenvalue weighted by Crippen LogP contribution is 2.54. The standard InChI is InChI=1S/C53H46N2Si/c1-35-21-29-49-45(31-35)46-32-37(36-15-9-7-10-16-36)22-30-50(46)55(49)51-34-48-52(43-20-14-13-19-42(43)51)44-28-25-40(33-47(44)53(48,2)3)54(38-17-11-8-12-18-38)39-23-26-41(27-24-39)56(4,5)6/h7-34H,1-6H3. The van der Waals surface area contributed by atoms with E-state index < -0.39 is 8.07 Å². The van der Waals surface area contributed by atoms with Gasteiger partial charge in [0.2, 0.25) is 0 Å². The molecule has 0 radical (unpaired) electrons. The predicted octanol–water partition coefficient (Wildman–Crippen LogP) is 14.2. The van der Waals surface area contributed by atoms with Gasteiger partial charge in [-0.25, -0.2) is 0 Å². The monoisotopic (exact) mass is 738 g/mol. The second kappa shape index (κ2) is 12.7. The normalized spacial score (nSPS) is 13.3. The van der Waals surface area contributed by atoms with Gasteiger partial charge >= 0.3 is 0 Å². The van der Waals surface area contributed by atoms with Crippen molar-refractivity contribution in [1.82, 2.24) is 4.57 Å². The molecule has 1 heterocycles. The summed E-state index contributed by atoms with van der Waals surface area (Å²) in [5.74, 6) is 0. The summed E-state index contributed by atoms with van der Waals surface area (Å²) in [6.45, 7) is 14.3. The molecule has 8 aromatic carbocycles. The van der Waals surface area contributed by atoms with Gasteiger partial charge in [-0.1, -0.05) is 147 Å². The molecule has 9 aromatic rings. The summed E-state index contributed by atoms with van der Waals surface area (Å²) in [6.07, 6.45) is 0. The Kier molecular flexibility index (Phi) is 7.78. The van der Waals surface area contributed by atoms with Crippen LogP contribution in [0.4, 0.5) is 17.1 Å². The van der Waals surface area contributed by atoms with Crippen molar-refractivity contribution in [2.24, 2.45) is 0 Å². The molecule has 1 aromatic heterocycles. The molecule has 0 fully saturated rings. The third-order valence-electron chi connectivity index (χ3n) is 12.2. The molecule has 1 aliphatic carbocycles. The fourth-order valence-electron chi connectivity index (χ4n) is 9.22. The zero-order chi connectivity index (χ0) is 38.3. The Labute approximate surface area is 331 Å². The van der Waals surface area contributed by atoms with Gasteiger partial charge in [-0.15, -0.1) is 0 Å². The Hall–Kier alpha value is -6.16. The molecule has 0 bridgehead atoms. The Morgan fingerprint density at radius 1 is 0.482 bits per heavy atom. The van der Waals surface area contributed by atoms with Crippen LogP contribution in [0.25, 0.3) is 60.5 Å². The van der Waals surface area contributed by atoms with E-state index in [2.05, 4.69) is 220 Å². The second-order valence-electron chi connectivity index (χ2n) is 17.1. The zero-order valence-corrected chi connectivity index (χ0v) is 34.1. The summed E-state index contributed by atoms with van der Waals surface area (Å²) in [6, 6.07) is 63.5. The van der Waals surface area contributed by atoms with Gasteiger partial charge in [-0.05, 0) is 112 Å². The molecular weight excluding hydrogens is 693 g/mol. The van der Waals surface area contributed by atoms with Gasteiger partial charge in [0.1, 0.15) is 0 Å². The van der Waals surface area contributed by atoms with E-state index in [-0.39, 0.29) is 5.41 Å². The average molecular weight is 739 g/mol. The molecule has 2 nitrogen and oxygen atoms in total. The van der Waals surface area contributed by atoms with Crippen LogP contribution >= 0.6 is 0 Å². The lowest BCUT2D eigenvalue weighted by Gasteiger charge is -2.29. The highest BCUT2D eigenvalue weighted by Gasteiger charge is 2.38. The lowest BCUT2D eigenvalue weighted by Crippen LogP contribution is -2.37. The molecule has 1 aliphatic rings. The molecule has 0 N–H and O–H groups in total. The number of fused-ring (bicyclic) bond motifs is 8. The summed E-state index contributed by atoms with van der Waals surface area (Å²) in [5.41, 5.74) is 16.1. The van der Waals surface area contributed by atoms with Gasteiger partial charge in [0.05, 0.1) is 24.8 Å². The first-order valence-corrected chi connectivity index (χ1v) is 23.4. The van der Waals surface area contributed by atoms with Crippen molar-refractivity contribution in [3.05, 3.63) is 187 Å². The summed E-state index contributed by atoms with van der Waals surface area (Å²) in [4.78, 5) is 2.42. The number of hydrogen-bond acceptors (Lipinski definition) is 1. The van der Waals surface area contributed by atoms with Crippen molar-refractivity contribution in [3.63, 3.8) is 0 Å². The number of rotatable bonds is 6. The lowest BCUT2D eigenvalue weighted by atomic mass is 9.81. The van der Waals surface area contributed by atoms with Crippen molar-refractivity contribution in [3.8, 4) is 27.9 Å². The summed E-state index contributed by atoms with van der Waals surface area (Å²) < 4.78 is 2.52.